The van der Waals surface area contributed by atoms with Gasteiger partial charge in [0.2, 0.25) is 0 Å². The normalized spacial score (nSPS) is 12.4. The van der Waals surface area contributed by atoms with Crippen molar-refractivity contribution in [3.8, 4) is 11.1 Å². The van der Waals surface area contributed by atoms with Gasteiger partial charge in [-0.05, 0) is 73.2 Å². The zero-order chi connectivity index (χ0) is 24.1. The predicted molar refractivity (Wildman–Crippen MR) is 146 cm³/mol. The van der Waals surface area contributed by atoms with E-state index in [1.807, 2.05) is 12.1 Å². The van der Waals surface area contributed by atoms with Gasteiger partial charge in [0.1, 0.15) is 11.2 Å². The van der Waals surface area contributed by atoms with Gasteiger partial charge in [-0.25, -0.2) is 0 Å². The minimum absolute atomic E-state index is 0.102. The SMILES string of the molecule is CC(C)(C)c1ccc(-c2ccc(N(c3ccc4c(c3)oc3ccccc34)C(C)(C)C)cc2)cc1. The van der Waals surface area contributed by atoms with Crippen molar-refractivity contribution >= 4 is 33.3 Å². The third-order valence-electron chi connectivity index (χ3n) is 6.50. The number of hydrogen-bond acceptors (Lipinski definition) is 2. The quantitative estimate of drug-likeness (QED) is 0.274. The molecular weight excluding hydrogens is 414 g/mol. The molecule has 172 valence electrons. The van der Waals surface area contributed by atoms with Crippen molar-refractivity contribution in [3.63, 3.8) is 0 Å². The van der Waals surface area contributed by atoms with E-state index in [0.717, 1.165) is 33.3 Å². The van der Waals surface area contributed by atoms with Gasteiger partial charge >= 0.3 is 0 Å². The average Bonchev–Trinajstić information content (AvgIpc) is 3.16. The first-order valence-electron chi connectivity index (χ1n) is 12.0. The van der Waals surface area contributed by atoms with Gasteiger partial charge in [-0.15, -0.1) is 0 Å². The van der Waals surface area contributed by atoms with Crippen LogP contribution in [0, 0.1) is 0 Å². The molecule has 2 nitrogen and oxygen atoms in total. The zero-order valence-electron chi connectivity index (χ0n) is 21.0. The summed E-state index contributed by atoms with van der Waals surface area (Å²) in [6.07, 6.45) is 0. The molecule has 0 N–H and O–H groups in total. The lowest BCUT2D eigenvalue weighted by molar-refractivity contribution is 0.560. The highest BCUT2D eigenvalue weighted by molar-refractivity contribution is 6.05. The fourth-order valence-corrected chi connectivity index (χ4v) is 4.74. The van der Waals surface area contributed by atoms with Gasteiger partial charge in [0, 0.05) is 33.8 Å². The first kappa shape index (κ1) is 22.3. The van der Waals surface area contributed by atoms with Crippen molar-refractivity contribution in [2.75, 3.05) is 4.90 Å². The summed E-state index contributed by atoms with van der Waals surface area (Å²) >= 11 is 0. The van der Waals surface area contributed by atoms with Gasteiger partial charge in [-0.1, -0.05) is 75.4 Å². The molecule has 0 atom stereocenters. The predicted octanol–water partition coefficient (Wildman–Crippen LogP) is 9.49. The Kier molecular flexibility index (Phi) is 5.28. The fourth-order valence-electron chi connectivity index (χ4n) is 4.74. The molecule has 0 spiro atoms. The van der Waals surface area contributed by atoms with E-state index in [9.17, 15) is 0 Å². The van der Waals surface area contributed by atoms with Crippen LogP contribution in [0.4, 0.5) is 11.4 Å². The van der Waals surface area contributed by atoms with E-state index in [4.69, 9.17) is 4.42 Å². The number of benzene rings is 4. The second-order valence-corrected chi connectivity index (χ2v) is 11.2. The van der Waals surface area contributed by atoms with Gasteiger partial charge < -0.3 is 9.32 Å². The highest BCUT2D eigenvalue weighted by Crippen LogP contribution is 2.38. The Morgan fingerprint density at radius 3 is 1.74 bits per heavy atom. The van der Waals surface area contributed by atoms with Gasteiger partial charge in [-0.2, -0.15) is 0 Å². The summed E-state index contributed by atoms with van der Waals surface area (Å²) in [6, 6.07) is 32.6. The van der Waals surface area contributed by atoms with Crippen molar-refractivity contribution in [1.29, 1.82) is 0 Å². The standard InChI is InChI=1S/C32H33NO/c1-31(2,3)24-15-11-22(12-16-24)23-13-17-25(18-14-23)33(32(4,5)6)26-19-20-28-27-9-7-8-10-29(27)34-30(28)21-26/h7-21H,1-6H3. The first-order valence-corrected chi connectivity index (χ1v) is 12.0. The summed E-state index contributed by atoms with van der Waals surface area (Å²) in [4.78, 5) is 2.38. The lowest BCUT2D eigenvalue weighted by atomic mass is 9.86. The van der Waals surface area contributed by atoms with Crippen LogP contribution in [-0.2, 0) is 5.41 Å². The van der Waals surface area contributed by atoms with E-state index in [1.165, 1.54) is 16.7 Å². The fraction of sp³-hybridized carbons (Fsp3) is 0.250. The molecule has 0 saturated heterocycles. The van der Waals surface area contributed by atoms with Crippen LogP contribution in [0.2, 0.25) is 0 Å². The second kappa shape index (κ2) is 8.06. The molecule has 34 heavy (non-hydrogen) atoms. The van der Waals surface area contributed by atoms with E-state index in [2.05, 4.69) is 125 Å². The van der Waals surface area contributed by atoms with Crippen molar-refractivity contribution in [2.24, 2.45) is 0 Å². The molecule has 1 heterocycles. The molecule has 0 radical (unpaired) electrons. The van der Waals surface area contributed by atoms with Crippen molar-refractivity contribution in [2.45, 2.75) is 52.5 Å². The van der Waals surface area contributed by atoms with Crippen molar-refractivity contribution < 1.29 is 4.42 Å². The van der Waals surface area contributed by atoms with Crippen LogP contribution in [0.25, 0.3) is 33.1 Å². The van der Waals surface area contributed by atoms with Gasteiger partial charge in [-0.3, -0.25) is 0 Å². The van der Waals surface area contributed by atoms with E-state index >= 15 is 0 Å². The van der Waals surface area contributed by atoms with Crippen LogP contribution in [0.5, 0.6) is 0 Å². The Morgan fingerprint density at radius 1 is 0.559 bits per heavy atom. The lowest BCUT2D eigenvalue weighted by Crippen LogP contribution is -2.37. The summed E-state index contributed by atoms with van der Waals surface area (Å²) < 4.78 is 6.18. The van der Waals surface area contributed by atoms with Crippen molar-refractivity contribution in [1.82, 2.24) is 0 Å². The van der Waals surface area contributed by atoms with Crippen LogP contribution < -0.4 is 4.90 Å². The number of hydrogen-bond donors (Lipinski definition) is 0. The minimum atomic E-state index is -0.102. The minimum Gasteiger partial charge on any atom is -0.456 e. The van der Waals surface area contributed by atoms with Crippen molar-refractivity contribution in [3.05, 3.63) is 96.6 Å². The molecular formula is C32H33NO. The number of fused-ring (bicyclic) bond motifs is 3. The molecule has 0 bridgehead atoms. The lowest BCUT2D eigenvalue weighted by Gasteiger charge is -2.38. The van der Waals surface area contributed by atoms with Crippen LogP contribution in [-0.4, -0.2) is 5.54 Å². The summed E-state index contributed by atoms with van der Waals surface area (Å²) in [5, 5.41) is 2.32. The molecule has 5 aromatic rings. The molecule has 0 amide bonds. The number of rotatable bonds is 3. The number of para-hydroxylation sites is 1. The monoisotopic (exact) mass is 447 g/mol. The van der Waals surface area contributed by atoms with Crippen LogP contribution >= 0.6 is 0 Å². The van der Waals surface area contributed by atoms with E-state index in [0.29, 0.717) is 0 Å². The molecule has 0 unspecified atom stereocenters. The Bertz CT molecular complexity index is 1440. The second-order valence-electron chi connectivity index (χ2n) is 11.2. The molecule has 2 heteroatoms. The zero-order valence-corrected chi connectivity index (χ0v) is 21.0. The molecule has 0 saturated carbocycles. The molecule has 0 aliphatic heterocycles. The Hall–Kier alpha value is -3.52. The Morgan fingerprint density at radius 2 is 1.12 bits per heavy atom. The van der Waals surface area contributed by atoms with Gasteiger partial charge in [0.05, 0.1) is 0 Å². The summed E-state index contributed by atoms with van der Waals surface area (Å²) in [6.45, 7) is 13.5. The third kappa shape index (κ3) is 4.09. The molecule has 0 fully saturated rings. The largest absolute Gasteiger partial charge is 0.456 e. The smallest absolute Gasteiger partial charge is 0.137 e. The maximum atomic E-state index is 6.18. The average molecular weight is 448 g/mol. The van der Waals surface area contributed by atoms with Crippen LogP contribution in [0.1, 0.15) is 47.1 Å². The molecule has 4 aromatic carbocycles. The van der Waals surface area contributed by atoms with E-state index in [-0.39, 0.29) is 11.0 Å². The summed E-state index contributed by atoms with van der Waals surface area (Å²) in [5.74, 6) is 0. The number of anilines is 2. The molecule has 0 aliphatic carbocycles. The first-order chi connectivity index (χ1) is 16.1. The summed E-state index contributed by atoms with van der Waals surface area (Å²) in [5.41, 5.74) is 8.03. The Labute approximate surface area is 202 Å². The highest BCUT2D eigenvalue weighted by atomic mass is 16.3. The maximum absolute atomic E-state index is 6.18. The molecule has 0 aliphatic rings. The van der Waals surface area contributed by atoms with Gasteiger partial charge in [0.15, 0.2) is 0 Å². The Balaban J connectivity index is 1.51. The molecule has 1 aromatic heterocycles. The van der Waals surface area contributed by atoms with E-state index < -0.39 is 0 Å². The maximum Gasteiger partial charge on any atom is 0.137 e. The van der Waals surface area contributed by atoms with Gasteiger partial charge in [0.25, 0.3) is 0 Å². The third-order valence-corrected chi connectivity index (χ3v) is 6.50. The number of nitrogens with zero attached hydrogens (tertiary/aromatic N) is 1. The topological polar surface area (TPSA) is 16.4 Å². The highest BCUT2D eigenvalue weighted by Gasteiger charge is 2.24. The van der Waals surface area contributed by atoms with Crippen LogP contribution in [0.15, 0.2) is 95.4 Å². The molecule has 5 rings (SSSR count). The summed E-state index contributed by atoms with van der Waals surface area (Å²) in [7, 11) is 0. The van der Waals surface area contributed by atoms with Crippen LogP contribution in [0.3, 0.4) is 0 Å². The van der Waals surface area contributed by atoms with E-state index in [1.54, 1.807) is 0 Å². The number of furan rings is 1.